The zero-order chi connectivity index (χ0) is 13.8. The summed E-state index contributed by atoms with van der Waals surface area (Å²) >= 11 is 0. The molecule has 2 aromatic rings. The Hall–Kier alpha value is -1.54. The first-order chi connectivity index (χ1) is 10.4. The molecule has 5 rings (SSSR count). The number of aryl methyl sites for hydroxylation is 1. The first-order valence-electron chi connectivity index (χ1n) is 8.49. The largest absolute Gasteiger partial charge is 0.342 e. The van der Waals surface area contributed by atoms with E-state index in [1.165, 1.54) is 55.0 Å². The van der Waals surface area contributed by atoms with Crippen LogP contribution in [0.4, 0.5) is 0 Å². The van der Waals surface area contributed by atoms with Crippen molar-refractivity contribution in [1.29, 1.82) is 0 Å². The number of nitrogens with zero attached hydrogens (tertiary/aromatic N) is 1. The average Bonchev–Trinajstić information content (AvgIpc) is 3.16. The molecule has 2 nitrogen and oxygen atoms in total. The van der Waals surface area contributed by atoms with Gasteiger partial charge < -0.3 is 9.88 Å². The van der Waals surface area contributed by atoms with E-state index in [2.05, 4.69) is 34.2 Å². The predicted molar refractivity (Wildman–Crippen MR) is 87.4 cm³/mol. The van der Waals surface area contributed by atoms with Gasteiger partial charge in [0.2, 0.25) is 0 Å². The van der Waals surface area contributed by atoms with Crippen LogP contribution in [-0.4, -0.2) is 11.1 Å². The van der Waals surface area contributed by atoms with Gasteiger partial charge in [-0.25, -0.2) is 0 Å². The molecular formula is C19H22N2. The molecule has 3 aliphatic rings. The number of fused-ring (bicyclic) bond motifs is 3. The summed E-state index contributed by atoms with van der Waals surface area (Å²) in [5.41, 5.74) is 7.73. The first kappa shape index (κ1) is 12.0. The number of hydrogen-bond donors (Lipinski definition) is 1. The highest BCUT2D eigenvalue weighted by Crippen LogP contribution is 2.40. The summed E-state index contributed by atoms with van der Waals surface area (Å²) in [6.07, 6.45) is 10.2. The van der Waals surface area contributed by atoms with Crippen molar-refractivity contribution in [3.8, 4) is 0 Å². The van der Waals surface area contributed by atoms with Gasteiger partial charge >= 0.3 is 0 Å². The first-order valence-corrected chi connectivity index (χ1v) is 8.49. The van der Waals surface area contributed by atoms with E-state index >= 15 is 0 Å². The normalized spacial score (nSPS) is 24.2. The number of aromatic nitrogens is 1. The molecule has 1 aromatic carbocycles. The summed E-state index contributed by atoms with van der Waals surface area (Å²) in [5, 5.41) is 5.25. The highest BCUT2D eigenvalue weighted by molar-refractivity contribution is 5.89. The third kappa shape index (κ3) is 1.69. The Labute approximate surface area is 125 Å². The molecule has 0 amide bonds. The van der Waals surface area contributed by atoms with Crippen molar-refractivity contribution < 1.29 is 0 Å². The van der Waals surface area contributed by atoms with E-state index in [9.17, 15) is 0 Å². The molecular weight excluding hydrogens is 256 g/mol. The van der Waals surface area contributed by atoms with Gasteiger partial charge in [0.25, 0.3) is 0 Å². The standard InChI is InChI=1S/C19H22N2/c1-2-5-13(4-1)14-8-9-18-16(12-14)15-6-3-7-17-19(15)21(18)11-10-20-17/h4,8-9,12,17,20H,1-3,5-7,10-11H2/t17-/m0/s1. The minimum absolute atomic E-state index is 0.601. The van der Waals surface area contributed by atoms with Crippen LogP contribution >= 0.6 is 0 Å². The van der Waals surface area contributed by atoms with Crippen molar-refractivity contribution in [2.24, 2.45) is 0 Å². The van der Waals surface area contributed by atoms with Crippen molar-refractivity contribution in [1.82, 2.24) is 9.88 Å². The van der Waals surface area contributed by atoms with Gasteiger partial charge in [-0.2, -0.15) is 0 Å². The zero-order valence-electron chi connectivity index (χ0n) is 12.5. The van der Waals surface area contributed by atoms with Gasteiger partial charge in [0.15, 0.2) is 0 Å². The molecule has 2 heterocycles. The van der Waals surface area contributed by atoms with Crippen molar-refractivity contribution in [2.75, 3.05) is 6.54 Å². The molecule has 2 heteroatoms. The molecule has 0 saturated carbocycles. The molecule has 1 N–H and O–H groups in total. The minimum Gasteiger partial charge on any atom is -0.342 e. The van der Waals surface area contributed by atoms with Crippen LogP contribution in [0.15, 0.2) is 24.3 Å². The monoisotopic (exact) mass is 278 g/mol. The lowest BCUT2D eigenvalue weighted by Crippen LogP contribution is -2.35. The van der Waals surface area contributed by atoms with E-state index < -0.39 is 0 Å². The number of allylic oxidation sites excluding steroid dienone is 2. The van der Waals surface area contributed by atoms with Crippen molar-refractivity contribution in [3.63, 3.8) is 0 Å². The smallest absolute Gasteiger partial charge is 0.0486 e. The van der Waals surface area contributed by atoms with Crippen molar-refractivity contribution in [3.05, 3.63) is 41.1 Å². The molecule has 1 aliphatic heterocycles. The highest BCUT2D eigenvalue weighted by atomic mass is 15.1. The molecule has 0 bridgehead atoms. The Bertz CT molecular complexity index is 749. The van der Waals surface area contributed by atoms with Crippen LogP contribution in [0.25, 0.3) is 16.5 Å². The fraction of sp³-hybridized carbons (Fsp3) is 0.474. The van der Waals surface area contributed by atoms with Gasteiger partial charge in [0.1, 0.15) is 0 Å². The fourth-order valence-electron chi connectivity index (χ4n) is 4.65. The molecule has 108 valence electrons. The van der Waals surface area contributed by atoms with E-state index in [4.69, 9.17) is 0 Å². The summed E-state index contributed by atoms with van der Waals surface area (Å²) in [6.45, 7) is 2.25. The van der Waals surface area contributed by atoms with Crippen LogP contribution in [0, 0.1) is 0 Å². The van der Waals surface area contributed by atoms with Crippen molar-refractivity contribution in [2.45, 2.75) is 51.1 Å². The number of nitrogens with one attached hydrogen (secondary N) is 1. The third-order valence-electron chi connectivity index (χ3n) is 5.60. The predicted octanol–water partition coefficient (Wildman–Crippen LogP) is 4.19. The lowest BCUT2D eigenvalue weighted by molar-refractivity contribution is 0.384. The Morgan fingerprint density at radius 1 is 1.14 bits per heavy atom. The molecule has 0 saturated heterocycles. The SMILES string of the molecule is C1=C(c2ccc3c(c2)c2c4n3CCN[C@H]4CCC2)CCC1. The maximum atomic E-state index is 3.72. The Balaban J connectivity index is 1.75. The lowest BCUT2D eigenvalue weighted by atomic mass is 9.90. The molecule has 1 aromatic heterocycles. The number of hydrogen-bond acceptors (Lipinski definition) is 1. The lowest BCUT2D eigenvalue weighted by Gasteiger charge is -2.31. The molecule has 0 radical (unpaired) electrons. The molecule has 21 heavy (non-hydrogen) atoms. The summed E-state index contributed by atoms with van der Waals surface area (Å²) in [6, 6.07) is 7.81. The van der Waals surface area contributed by atoms with Gasteiger partial charge in [-0.15, -0.1) is 0 Å². The third-order valence-corrected chi connectivity index (χ3v) is 5.60. The van der Waals surface area contributed by atoms with Gasteiger partial charge in [-0.05, 0) is 67.4 Å². The second kappa shape index (κ2) is 4.48. The van der Waals surface area contributed by atoms with E-state index in [1.54, 1.807) is 16.8 Å². The van der Waals surface area contributed by atoms with Crippen LogP contribution in [-0.2, 0) is 13.0 Å². The van der Waals surface area contributed by atoms with Gasteiger partial charge in [0, 0.05) is 35.7 Å². The Morgan fingerprint density at radius 3 is 3.05 bits per heavy atom. The quantitative estimate of drug-likeness (QED) is 0.827. The topological polar surface area (TPSA) is 17.0 Å². The zero-order valence-corrected chi connectivity index (χ0v) is 12.5. The maximum Gasteiger partial charge on any atom is 0.0486 e. The second-order valence-electron chi connectivity index (χ2n) is 6.77. The van der Waals surface area contributed by atoms with Crippen LogP contribution < -0.4 is 5.32 Å². The highest BCUT2D eigenvalue weighted by Gasteiger charge is 2.29. The fourth-order valence-corrected chi connectivity index (χ4v) is 4.65. The maximum absolute atomic E-state index is 3.72. The van der Waals surface area contributed by atoms with Gasteiger partial charge in [-0.1, -0.05) is 12.1 Å². The van der Waals surface area contributed by atoms with Crippen molar-refractivity contribution >= 4 is 16.5 Å². The van der Waals surface area contributed by atoms with Gasteiger partial charge in [0.05, 0.1) is 0 Å². The van der Waals surface area contributed by atoms with E-state index in [0.29, 0.717) is 6.04 Å². The summed E-state index contributed by atoms with van der Waals surface area (Å²) < 4.78 is 2.60. The van der Waals surface area contributed by atoms with Gasteiger partial charge in [-0.3, -0.25) is 0 Å². The van der Waals surface area contributed by atoms with Crippen LogP contribution in [0.2, 0.25) is 0 Å². The van der Waals surface area contributed by atoms with E-state index in [1.807, 2.05) is 0 Å². The molecule has 0 fully saturated rings. The summed E-state index contributed by atoms with van der Waals surface area (Å²) in [5.74, 6) is 0. The van der Waals surface area contributed by atoms with Crippen LogP contribution in [0.3, 0.4) is 0 Å². The number of benzene rings is 1. The summed E-state index contributed by atoms with van der Waals surface area (Å²) in [7, 11) is 0. The number of rotatable bonds is 1. The van der Waals surface area contributed by atoms with Crippen LogP contribution in [0.5, 0.6) is 0 Å². The van der Waals surface area contributed by atoms with Crippen LogP contribution in [0.1, 0.15) is 55.0 Å². The average molecular weight is 278 g/mol. The van der Waals surface area contributed by atoms with E-state index in [0.717, 1.165) is 13.1 Å². The van der Waals surface area contributed by atoms with E-state index in [-0.39, 0.29) is 0 Å². The summed E-state index contributed by atoms with van der Waals surface area (Å²) in [4.78, 5) is 0. The molecule has 0 spiro atoms. The molecule has 0 unspecified atom stereocenters. The Morgan fingerprint density at radius 2 is 2.14 bits per heavy atom. The molecule has 1 atom stereocenters. The molecule has 2 aliphatic carbocycles. The minimum atomic E-state index is 0.601. The second-order valence-corrected chi connectivity index (χ2v) is 6.77. The Kier molecular flexibility index (Phi) is 2.57.